The van der Waals surface area contributed by atoms with E-state index in [1.54, 1.807) is 0 Å². The Kier molecular flexibility index (Phi) is 5.21. The van der Waals surface area contributed by atoms with Gasteiger partial charge in [0, 0.05) is 6.61 Å². The van der Waals surface area contributed by atoms with Crippen LogP contribution in [0, 0.1) is 5.92 Å². The molecule has 0 aliphatic heterocycles. The van der Waals surface area contributed by atoms with E-state index in [4.69, 9.17) is 9.53 Å². The molecule has 0 heterocycles. The van der Waals surface area contributed by atoms with Crippen molar-refractivity contribution in [2.75, 3.05) is 13.2 Å². The molecule has 0 aromatic heterocycles. The molecule has 3 heteroatoms. The lowest BCUT2D eigenvalue weighted by Crippen LogP contribution is -2.41. The van der Waals surface area contributed by atoms with E-state index in [-0.39, 0.29) is 5.04 Å². The lowest BCUT2D eigenvalue weighted by Gasteiger charge is -2.36. The largest absolute Gasteiger partial charge is 0.413 e. The predicted octanol–water partition coefficient (Wildman–Crippen LogP) is 4.12. The molecule has 1 rings (SSSR count). The van der Waals surface area contributed by atoms with Crippen molar-refractivity contribution in [1.82, 2.24) is 0 Å². The summed E-state index contributed by atoms with van der Waals surface area (Å²) in [6.45, 7) is 14.7. The Bertz CT molecular complexity index is 313. The minimum atomic E-state index is -1.65. The van der Waals surface area contributed by atoms with Crippen molar-refractivity contribution in [2.45, 2.75) is 65.1 Å². The summed E-state index contributed by atoms with van der Waals surface area (Å²) in [5.74, 6) is 0.555. The van der Waals surface area contributed by atoms with Crippen LogP contribution in [0.5, 0.6) is 0 Å². The van der Waals surface area contributed by atoms with Crippen molar-refractivity contribution < 1.29 is 9.53 Å². The summed E-state index contributed by atoms with van der Waals surface area (Å²) in [5.41, 5.74) is 2.96. The van der Waals surface area contributed by atoms with Crippen molar-refractivity contribution in [3.05, 3.63) is 11.1 Å². The first-order valence-corrected chi connectivity index (χ1v) is 10.0. The number of hydrogen-bond acceptors (Lipinski definition) is 2. The van der Waals surface area contributed by atoms with Crippen molar-refractivity contribution in [1.29, 1.82) is 0 Å². The zero-order valence-corrected chi connectivity index (χ0v) is 14.0. The summed E-state index contributed by atoms with van der Waals surface area (Å²) in [6.07, 6.45) is 3.27. The maximum atomic E-state index is 9.13. The van der Waals surface area contributed by atoms with E-state index in [0.29, 0.717) is 12.5 Å². The normalized spacial score (nSPS) is 21.8. The second kappa shape index (κ2) is 5.89. The van der Waals surface area contributed by atoms with Crippen LogP contribution in [0.25, 0.3) is 0 Å². The van der Waals surface area contributed by atoms with Crippen molar-refractivity contribution >= 4 is 8.32 Å². The van der Waals surface area contributed by atoms with Crippen molar-refractivity contribution in [2.24, 2.45) is 5.92 Å². The van der Waals surface area contributed by atoms with Gasteiger partial charge < -0.3 is 9.53 Å². The van der Waals surface area contributed by atoms with E-state index in [9.17, 15) is 0 Å². The lowest BCUT2D eigenvalue weighted by atomic mass is 9.98. The monoisotopic (exact) mass is 270 g/mol. The summed E-state index contributed by atoms with van der Waals surface area (Å²) in [4.78, 5) is 0. The van der Waals surface area contributed by atoms with Gasteiger partial charge in [-0.05, 0) is 55.8 Å². The van der Waals surface area contributed by atoms with Gasteiger partial charge in [-0.2, -0.15) is 0 Å². The van der Waals surface area contributed by atoms with Gasteiger partial charge >= 0.3 is 0 Å². The molecule has 0 bridgehead atoms. The summed E-state index contributed by atoms with van der Waals surface area (Å²) in [5, 5.41) is 9.40. The highest BCUT2D eigenvalue weighted by Crippen LogP contribution is 2.39. The topological polar surface area (TPSA) is 29.5 Å². The lowest BCUT2D eigenvalue weighted by molar-refractivity contribution is 0.254. The molecule has 0 saturated heterocycles. The van der Waals surface area contributed by atoms with Gasteiger partial charge in [-0.3, -0.25) is 0 Å². The van der Waals surface area contributed by atoms with E-state index < -0.39 is 8.32 Å². The minimum absolute atomic E-state index is 0.270. The average molecular weight is 270 g/mol. The number of rotatable bonds is 5. The van der Waals surface area contributed by atoms with Crippen LogP contribution in [0.3, 0.4) is 0 Å². The van der Waals surface area contributed by atoms with Crippen LogP contribution in [-0.2, 0) is 4.43 Å². The first-order chi connectivity index (χ1) is 8.19. The van der Waals surface area contributed by atoms with E-state index in [1.165, 1.54) is 24.0 Å². The van der Waals surface area contributed by atoms with Gasteiger partial charge in [0.25, 0.3) is 0 Å². The second-order valence-corrected chi connectivity index (χ2v) is 11.9. The molecular weight excluding hydrogens is 240 g/mol. The number of aliphatic hydroxyl groups excluding tert-OH is 1. The van der Waals surface area contributed by atoms with Gasteiger partial charge in [0.1, 0.15) is 0 Å². The molecule has 0 unspecified atom stereocenters. The molecule has 2 nitrogen and oxygen atoms in total. The molecule has 0 saturated carbocycles. The number of hydrogen-bond donors (Lipinski definition) is 1. The molecule has 0 radical (unpaired) electrons. The van der Waals surface area contributed by atoms with Gasteiger partial charge in [-0.1, -0.05) is 26.3 Å². The fraction of sp³-hybridized carbons (Fsp3) is 0.867. The average Bonchev–Trinajstić information content (AvgIpc) is 2.56. The maximum absolute atomic E-state index is 9.13. The van der Waals surface area contributed by atoms with Gasteiger partial charge in [0.05, 0.1) is 6.61 Å². The van der Waals surface area contributed by atoms with Crippen LogP contribution >= 0.6 is 0 Å². The summed E-state index contributed by atoms with van der Waals surface area (Å²) in [6, 6.07) is 0. The zero-order chi connectivity index (χ0) is 14.0. The molecule has 0 spiro atoms. The van der Waals surface area contributed by atoms with Crippen LogP contribution in [-0.4, -0.2) is 26.6 Å². The van der Waals surface area contributed by atoms with E-state index in [0.717, 1.165) is 13.0 Å². The third kappa shape index (κ3) is 3.69. The first kappa shape index (κ1) is 15.9. The molecule has 0 aromatic rings. The first-order valence-electron chi connectivity index (χ1n) is 7.12. The molecule has 0 aromatic carbocycles. The van der Waals surface area contributed by atoms with Crippen molar-refractivity contribution in [3.63, 3.8) is 0 Å². The summed E-state index contributed by atoms with van der Waals surface area (Å²) in [7, 11) is -1.65. The van der Waals surface area contributed by atoms with Crippen LogP contribution in [0.2, 0.25) is 18.1 Å². The second-order valence-electron chi connectivity index (χ2n) is 7.10. The van der Waals surface area contributed by atoms with Gasteiger partial charge in [0.2, 0.25) is 0 Å². The predicted molar refractivity (Wildman–Crippen MR) is 80.3 cm³/mol. The van der Waals surface area contributed by atoms with Gasteiger partial charge in [0.15, 0.2) is 8.32 Å². The van der Waals surface area contributed by atoms with E-state index >= 15 is 0 Å². The Hall–Kier alpha value is -0.123. The maximum Gasteiger partial charge on any atom is 0.192 e. The third-order valence-electron chi connectivity index (χ3n) is 4.78. The van der Waals surface area contributed by atoms with Gasteiger partial charge in [-0.25, -0.2) is 0 Å². The molecule has 0 amide bonds. The molecule has 106 valence electrons. The fourth-order valence-electron chi connectivity index (χ4n) is 2.26. The van der Waals surface area contributed by atoms with Crippen LogP contribution in [0.1, 0.15) is 47.0 Å². The molecule has 1 aliphatic carbocycles. The molecule has 0 fully saturated rings. The smallest absolute Gasteiger partial charge is 0.192 e. The highest BCUT2D eigenvalue weighted by molar-refractivity contribution is 6.74. The number of allylic oxidation sites excluding steroid dienone is 1. The quantitative estimate of drug-likeness (QED) is 0.601. The third-order valence-corrected chi connectivity index (χ3v) is 9.26. The highest BCUT2D eigenvalue weighted by Gasteiger charge is 2.38. The molecule has 1 N–H and O–H groups in total. The molecular formula is C15H30O2Si. The van der Waals surface area contributed by atoms with E-state index in [1.807, 2.05) is 0 Å². The standard InChI is InChI=1S/C15H30O2Si/c1-12-7-8-13(9-10-16)14(12)11-17-18(5,6)15(2,3)4/h13,16H,7-11H2,1-6H3/t13-/m0/s1. The Balaban J connectivity index is 2.65. The van der Waals surface area contributed by atoms with Crippen molar-refractivity contribution in [3.8, 4) is 0 Å². The van der Waals surface area contributed by atoms with Gasteiger partial charge in [-0.15, -0.1) is 0 Å². The Morgan fingerprint density at radius 2 is 1.94 bits per heavy atom. The van der Waals surface area contributed by atoms with Crippen LogP contribution < -0.4 is 0 Å². The minimum Gasteiger partial charge on any atom is -0.413 e. The zero-order valence-electron chi connectivity index (χ0n) is 13.0. The Morgan fingerprint density at radius 3 is 2.44 bits per heavy atom. The Labute approximate surface area is 114 Å². The van der Waals surface area contributed by atoms with Crippen LogP contribution in [0.15, 0.2) is 11.1 Å². The molecule has 1 aliphatic rings. The molecule has 1 atom stereocenters. The van der Waals surface area contributed by atoms with Crippen LogP contribution in [0.4, 0.5) is 0 Å². The Morgan fingerprint density at radius 1 is 1.33 bits per heavy atom. The fourth-order valence-corrected chi connectivity index (χ4v) is 3.21. The molecule has 18 heavy (non-hydrogen) atoms. The van der Waals surface area contributed by atoms with E-state index in [2.05, 4.69) is 40.8 Å². The summed E-state index contributed by atoms with van der Waals surface area (Å²) < 4.78 is 6.32. The highest BCUT2D eigenvalue weighted by atomic mass is 28.4. The summed E-state index contributed by atoms with van der Waals surface area (Å²) >= 11 is 0. The SMILES string of the molecule is CC1=C(CO[Si](C)(C)C(C)(C)C)[C@H](CCO)CC1. The number of aliphatic hydroxyl groups is 1.